The van der Waals surface area contributed by atoms with Gasteiger partial charge < -0.3 is 10.4 Å². The summed E-state index contributed by atoms with van der Waals surface area (Å²) < 4.78 is 37.8. The summed E-state index contributed by atoms with van der Waals surface area (Å²) in [6, 6.07) is 8.01. The van der Waals surface area contributed by atoms with E-state index >= 15 is 0 Å². The van der Waals surface area contributed by atoms with Crippen LogP contribution in [0.25, 0.3) is 10.6 Å². The third-order valence-corrected chi connectivity index (χ3v) is 5.21. The van der Waals surface area contributed by atoms with Gasteiger partial charge in [0.25, 0.3) is 0 Å². The molecular formula is C19H18F3N5O2S. The summed E-state index contributed by atoms with van der Waals surface area (Å²) in [5.41, 5.74) is 1.56. The van der Waals surface area contributed by atoms with Crippen LogP contribution in [0.4, 0.5) is 29.9 Å². The fourth-order valence-electron chi connectivity index (χ4n) is 2.52. The number of aromatic hydroxyl groups is 1. The first-order chi connectivity index (χ1) is 14.2. The number of nitrogens with one attached hydrogen (secondary N) is 2. The van der Waals surface area contributed by atoms with Crippen LogP contribution in [0.15, 0.2) is 36.5 Å². The fourth-order valence-corrected chi connectivity index (χ4v) is 3.57. The van der Waals surface area contributed by atoms with Gasteiger partial charge in [-0.15, -0.1) is 0 Å². The molecule has 0 aliphatic heterocycles. The number of benzene rings is 1. The number of phenolic OH excluding ortho intramolecular Hbond substituents is 1. The minimum Gasteiger partial charge on any atom is -0.508 e. The van der Waals surface area contributed by atoms with Gasteiger partial charge in [-0.05, 0) is 30.5 Å². The topological polar surface area (TPSA) is 100 Å². The predicted octanol–water partition coefficient (Wildman–Crippen LogP) is 5.06. The number of halogens is 3. The predicted molar refractivity (Wildman–Crippen MR) is 108 cm³/mol. The molecule has 3 aromatic rings. The Morgan fingerprint density at radius 3 is 2.70 bits per heavy atom. The van der Waals surface area contributed by atoms with Crippen LogP contribution in [0.1, 0.15) is 31.9 Å². The number of nitrogens with zero attached hydrogens (tertiary/aromatic N) is 3. The highest BCUT2D eigenvalue weighted by Gasteiger charge is 2.39. The molecule has 2 aromatic heterocycles. The lowest BCUT2D eigenvalue weighted by Crippen LogP contribution is -2.29. The molecule has 30 heavy (non-hydrogen) atoms. The van der Waals surface area contributed by atoms with Crippen LogP contribution in [-0.4, -0.2) is 32.1 Å². The monoisotopic (exact) mass is 437 g/mol. The van der Waals surface area contributed by atoms with E-state index in [9.17, 15) is 23.1 Å². The molecule has 3 rings (SSSR count). The van der Waals surface area contributed by atoms with E-state index in [4.69, 9.17) is 0 Å². The molecule has 1 atom stereocenters. The van der Waals surface area contributed by atoms with Crippen molar-refractivity contribution < 1.29 is 23.1 Å². The standard InChI is InChI=1S/C19H18F3N5O2S/c1-3-10(2)14-15(30-18(26-14)27-16(29)19(20,21)22)13-7-8-23-17(25-13)24-11-5-4-6-12(28)9-11/h4-10,28H,3H2,1-2H3,(H,23,24,25)(H,26,27,29). The largest absolute Gasteiger partial charge is 0.508 e. The van der Waals surface area contributed by atoms with E-state index < -0.39 is 12.1 Å². The molecule has 11 heteroatoms. The number of phenols is 1. The summed E-state index contributed by atoms with van der Waals surface area (Å²) in [6.07, 6.45) is -2.81. The molecule has 0 bridgehead atoms. The van der Waals surface area contributed by atoms with Crippen LogP contribution in [0.5, 0.6) is 5.75 Å². The van der Waals surface area contributed by atoms with E-state index in [1.54, 1.807) is 18.2 Å². The molecule has 0 fully saturated rings. The number of hydrogen-bond donors (Lipinski definition) is 3. The Kier molecular flexibility index (Phi) is 6.20. The molecular weight excluding hydrogens is 419 g/mol. The van der Waals surface area contributed by atoms with Gasteiger partial charge in [0.15, 0.2) is 5.13 Å². The van der Waals surface area contributed by atoms with Crippen LogP contribution in [-0.2, 0) is 4.79 Å². The third kappa shape index (κ3) is 5.03. The van der Waals surface area contributed by atoms with E-state index in [0.29, 0.717) is 28.4 Å². The van der Waals surface area contributed by atoms with Gasteiger partial charge in [0.1, 0.15) is 5.75 Å². The molecule has 0 aliphatic rings. The molecule has 2 heterocycles. The normalized spacial score (nSPS) is 12.4. The maximum Gasteiger partial charge on any atom is 0.471 e. The van der Waals surface area contributed by atoms with E-state index in [2.05, 4.69) is 20.3 Å². The molecule has 1 aromatic carbocycles. The highest BCUT2D eigenvalue weighted by atomic mass is 32.1. The van der Waals surface area contributed by atoms with Crippen molar-refractivity contribution in [2.75, 3.05) is 10.6 Å². The van der Waals surface area contributed by atoms with Crippen molar-refractivity contribution in [2.24, 2.45) is 0 Å². The van der Waals surface area contributed by atoms with Crippen molar-refractivity contribution in [1.29, 1.82) is 0 Å². The van der Waals surface area contributed by atoms with Crippen molar-refractivity contribution in [3.63, 3.8) is 0 Å². The molecule has 0 aliphatic carbocycles. The third-order valence-electron chi connectivity index (χ3n) is 4.20. The molecule has 1 amide bonds. The Hall–Kier alpha value is -3.21. The smallest absolute Gasteiger partial charge is 0.471 e. The van der Waals surface area contributed by atoms with Gasteiger partial charge in [0, 0.05) is 18.0 Å². The number of anilines is 3. The van der Waals surface area contributed by atoms with E-state index in [1.807, 2.05) is 19.2 Å². The number of alkyl halides is 3. The minimum atomic E-state index is -5.00. The van der Waals surface area contributed by atoms with Gasteiger partial charge in [0.2, 0.25) is 5.95 Å². The Morgan fingerprint density at radius 1 is 1.27 bits per heavy atom. The molecule has 158 valence electrons. The lowest BCUT2D eigenvalue weighted by molar-refractivity contribution is -0.167. The highest BCUT2D eigenvalue weighted by Crippen LogP contribution is 2.38. The summed E-state index contributed by atoms with van der Waals surface area (Å²) in [5, 5.41) is 14.2. The van der Waals surface area contributed by atoms with E-state index in [0.717, 1.165) is 11.3 Å². The summed E-state index contributed by atoms with van der Waals surface area (Å²) in [7, 11) is 0. The molecule has 0 radical (unpaired) electrons. The van der Waals surface area contributed by atoms with Crippen LogP contribution in [0.3, 0.4) is 0 Å². The molecule has 0 saturated heterocycles. The van der Waals surface area contributed by atoms with E-state index in [-0.39, 0.29) is 22.7 Å². The van der Waals surface area contributed by atoms with Crippen molar-refractivity contribution in [2.45, 2.75) is 32.4 Å². The second-order valence-electron chi connectivity index (χ2n) is 6.44. The lowest BCUT2D eigenvalue weighted by Gasteiger charge is -2.09. The van der Waals surface area contributed by atoms with Crippen LogP contribution in [0, 0.1) is 0 Å². The Bertz CT molecular complexity index is 1050. The fraction of sp³-hybridized carbons (Fsp3) is 0.263. The van der Waals surface area contributed by atoms with Crippen molar-refractivity contribution in [3.8, 4) is 16.3 Å². The van der Waals surface area contributed by atoms with E-state index in [1.165, 1.54) is 18.3 Å². The molecule has 0 spiro atoms. The Morgan fingerprint density at radius 2 is 2.03 bits per heavy atom. The maximum atomic E-state index is 12.6. The van der Waals surface area contributed by atoms with Gasteiger partial charge >= 0.3 is 12.1 Å². The van der Waals surface area contributed by atoms with Gasteiger partial charge in [-0.1, -0.05) is 31.3 Å². The first-order valence-corrected chi connectivity index (χ1v) is 9.77. The molecule has 3 N–H and O–H groups in total. The van der Waals surface area contributed by atoms with Gasteiger partial charge in [0.05, 0.1) is 16.3 Å². The maximum absolute atomic E-state index is 12.6. The summed E-state index contributed by atoms with van der Waals surface area (Å²) >= 11 is 0.917. The zero-order valence-electron chi connectivity index (χ0n) is 16.0. The summed E-state index contributed by atoms with van der Waals surface area (Å²) in [6.45, 7) is 3.82. The SMILES string of the molecule is CCC(C)c1nc(NC(=O)C(F)(F)F)sc1-c1ccnc(Nc2cccc(O)c2)n1. The Balaban J connectivity index is 1.94. The number of rotatable bonds is 6. The molecule has 7 nitrogen and oxygen atoms in total. The van der Waals surface area contributed by atoms with Crippen molar-refractivity contribution in [1.82, 2.24) is 15.0 Å². The second-order valence-corrected chi connectivity index (χ2v) is 7.43. The van der Waals surface area contributed by atoms with Crippen LogP contribution in [0.2, 0.25) is 0 Å². The first kappa shape index (κ1) is 21.5. The van der Waals surface area contributed by atoms with Gasteiger partial charge in [-0.25, -0.2) is 15.0 Å². The number of carbonyl (C=O) groups is 1. The lowest BCUT2D eigenvalue weighted by atomic mass is 10.0. The van der Waals surface area contributed by atoms with Crippen LogP contribution < -0.4 is 10.6 Å². The number of carbonyl (C=O) groups excluding carboxylic acids is 1. The average Bonchev–Trinajstić information content (AvgIpc) is 3.11. The zero-order chi connectivity index (χ0) is 21.9. The minimum absolute atomic E-state index is 0.0646. The van der Waals surface area contributed by atoms with Gasteiger partial charge in [-0.2, -0.15) is 13.2 Å². The molecule has 0 saturated carbocycles. The quantitative estimate of drug-likeness (QED) is 0.498. The highest BCUT2D eigenvalue weighted by molar-refractivity contribution is 7.19. The number of aromatic nitrogens is 3. The average molecular weight is 437 g/mol. The number of amides is 1. The zero-order valence-corrected chi connectivity index (χ0v) is 16.8. The second kappa shape index (κ2) is 8.66. The number of hydrogen-bond acceptors (Lipinski definition) is 7. The number of thiazole rings is 1. The van der Waals surface area contributed by atoms with Crippen molar-refractivity contribution >= 4 is 34.0 Å². The Labute approximate surface area is 174 Å². The van der Waals surface area contributed by atoms with Crippen LogP contribution >= 0.6 is 11.3 Å². The summed E-state index contributed by atoms with van der Waals surface area (Å²) in [5.74, 6) is -1.83. The molecule has 1 unspecified atom stereocenters. The summed E-state index contributed by atoms with van der Waals surface area (Å²) in [4.78, 5) is 24.6. The van der Waals surface area contributed by atoms with Gasteiger partial charge in [-0.3, -0.25) is 10.1 Å². The van der Waals surface area contributed by atoms with Crippen molar-refractivity contribution in [3.05, 3.63) is 42.2 Å². The first-order valence-electron chi connectivity index (χ1n) is 8.95.